The zero-order valence-corrected chi connectivity index (χ0v) is 11.2. The number of pyridine rings is 1. The van der Waals surface area contributed by atoms with Crippen LogP contribution in [0.25, 0.3) is 10.8 Å². The Labute approximate surface area is 117 Å². The van der Waals surface area contributed by atoms with E-state index in [1.807, 2.05) is 24.4 Å². The normalized spacial score (nSPS) is 15.4. The van der Waals surface area contributed by atoms with E-state index in [1.165, 1.54) is 10.8 Å². The number of benzene rings is 2. The molecule has 3 nitrogen and oxygen atoms in total. The maximum absolute atomic E-state index is 4.49. The van der Waals surface area contributed by atoms with Crippen LogP contribution in [-0.4, -0.2) is 4.98 Å². The summed E-state index contributed by atoms with van der Waals surface area (Å²) in [7, 11) is 0. The van der Waals surface area contributed by atoms with Gasteiger partial charge in [0.05, 0.1) is 5.69 Å². The van der Waals surface area contributed by atoms with Crippen molar-refractivity contribution in [2.24, 2.45) is 0 Å². The van der Waals surface area contributed by atoms with Gasteiger partial charge in [0.1, 0.15) is 5.66 Å². The molecule has 0 radical (unpaired) electrons. The maximum Gasteiger partial charge on any atom is 0.149 e. The molecule has 1 aliphatic heterocycles. The lowest BCUT2D eigenvalue weighted by Gasteiger charge is -2.38. The Morgan fingerprint density at radius 3 is 2.15 bits per heavy atom. The summed E-state index contributed by atoms with van der Waals surface area (Å²) in [4.78, 5) is 4.49. The fourth-order valence-corrected chi connectivity index (χ4v) is 2.91. The number of rotatable bonds is 1. The van der Waals surface area contributed by atoms with E-state index in [2.05, 4.69) is 58.9 Å². The minimum atomic E-state index is -0.399. The molecule has 20 heavy (non-hydrogen) atoms. The fourth-order valence-electron chi connectivity index (χ4n) is 2.91. The van der Waals surface area contributed by atoms with E-state index in [9.17, 15) is 0 Å². The van der Waals surface area contributed by atoms with Gasteiger partial charge in [-0.25, -0.2) is 0 Å². The quantitative estimate of drug-likeness (QED) is 0.696. The Kier molecular flexibility index (Phi) is 2.24. The fraction of sp³-hybridized carbons (Fsp3) is 0.118. The van der Waals surface area contributed by atoms with Crippen LogP contribution in [0.5, 0.6) is 0 Å². The van der Waals surface area contributed by atoms with Gasteiger partial charge in [0, 0.05) is 23.0 Å². The molecule has 1 aromatic heterocycles. The van der Waals surface area contributed by atoms with Gasteiger partial charge < -0.3 is 10.6 Å². The molecule has 0 atom stereocenters. The van der Waals surface area contributed by atoms with Gasteiger partial charge in [0.2, 0.25) is 0 Å². The highest BCUT2D eigenvalue weighted by Crippen LogP contribution is 2.40. The molecular weight excluding hydrogens is 246 g/mol. The van der Waals surface area contributed by atoms with Crippen molar-refractivity contribution in [3.63, 3.8) is 0 Å². The molecule has 0 saturated heterocycles. The second-order valence-corrected chi connectivity index (χ2v) is 5.30. The number of aromatic nitrogens is 1. The van der Waals surface area contributed by atoms with Crippen LogP contribution in [0.1, 0.15) is 12.6 Å². The summed E-state index contributed by atoms with van der Waals surface area (Å²) < 4.78 is 0. The summed E-state index contributed by atoms with van der Waals surface area (Å²) >= 11 is 0. The first-order valence-corrected chi connectivity index (χ1v) is 6.76. The third-order valence-corrected chi connectivity index (χ3v) is 3.85. The number of nitrogens with one attached hydrogen (secondary N) is 2. The first-order valence-electron chi connectivity index (χ1n) is 6.76. The van der Waals surface area contributed by atoms with Gasteiger partial charge in [-0.05, 0) is 36.6 Å². The van der Waals surface area contributed by atoms with Gasteiger partial charge in [-0.15, -0.1) is 0 Å². The van der Waals surface area contributed by atoms with Gasteiger partial charge >= 0.3 is 0 Å². The minimum absolute atomic E-state index is 0.399. The Balaban J connectivity index is 1.91. The first-order chi connectivity index (χ1) is 9.76. The molecule has 0 amide bonds. The third kappa shape index (κ3) is 1.56. The zero-order chi connectivity index (χ0) is 13.6. The van der Waals surface area contributed by atoms with Gasteiger partial charge in [-0.1, -0.05) is 30.3 Å². The standard InChI is InChI=1S/C17H15N3/c1-17(15-10-2-3-11-18-15)19-13-8-4-6-12-7-5-9-14(20-17)16(12)13/h2-11,19-20H,1H3. The molecule has 0 aliphatic carbocycles. The predicted octanol–water partition coefficient (Wildman–Crippen LogP) is 3.95. The van der Waals surface area contributed by atoms with E-state index in [-0.39, 0.29) is 0 Å². The summed E-state index contributed by atoms with van der Waals surface area (Å²) in [6, 6.07) is 18.7. The average molecular weight is 261 g/mol. The molecule has 1 aliphatic rings. The third-order valence-electron chi connectivity index (χ3n) is 3.85. The van der Waals surface area contributed by atoms with Gasteiger partial charge in [0.25, 0.3) is 0 Å². The van der Waals surface area contributed by atoms with Crippen LogP contribution in [0.2, 0.25) is 0 Å². The average Bonchev–Trinajstić information content (AvgIpc) is 2.48. The van der Waals surface area contributed by atoms with Crippen LogP contribution >= 0.6 is 0 Å². The smallest absolute Gasteiger partial charge is 0.149 e. The van der Waals surface area contributed by atoms with Crippen LogP contribution < -0.4 is 10.6 Å². The van der Waals surface area contributed by atoms with Crippen LogP contribution in [0.4, 0.5) is 11.4 Å². The lowest BCUT2D eigenvalue weighted by molar-refractivity contribution is 0.603. The van der Waals surface area contributed by atoms with Crippen molar-refractivity contribution >= 4 is 22.1 Å². The largest absolute Gasteiger partial charge is 0.357 e. The number of hydrogen-bond donors (Lipinski definition) is 2. The monoisotopic (exact) mass is 261 g/mol. The van der Waals surface area contributed by atoms with Crippen molar-refractivity contribution in [2.75, 3.05) is 10.6 Å². The highest BCUT2D eigenvalue weighted by atomic mass is 15.2. The molecule has 0 bridgehead atoms. The van der Waals surface area contributed by atoms with Crippen LogP contribution in [0.15, 0.2) is 60.8 Å². The Bertz CT molecular complexity index is 740. The first kappa shape index (κ1) is 11.3. The van der Waals surface area contributed by atoms with Crippen LogP contribution in [-0.2, 0) is 5.66 Å². The Hall–Kier alpha value is -2.55. The number of nitrogens with zero attached hydrogens (tertiary/aromatic N) is 1. The van der Waals surface area contributed by atoms with E-state index < -0.39 is 5.66 Å². The molecule has 3 heteroatoms. The second kappa shape index (κ2) is 3.97. The Morgan fingerprint density at radius 1 is 0.850 bits per heavy atom. The summed E-state index contributed by atoms with van der Waals surface area (Å²) in [6.07, 6.45) is 1.82. The zero-order valence-electron chi connectivity index (χ0n) is 11.2. The van der Waals surface area contributed by atoms with E-state index in [4.69, 9.17) is 0 Å². The van der Waals surface area contributed by atoms with E-state index in [0.29, 0.717) is 0 Å². The lowest BCUT2D eigenvalue weighted by atomic mass is 9.98. The van der Waals surface area contributed by atoms with Crippen molar-refractivity contribution in [1.82, 2.24) is 4.98 Å². The Morgan fingerprint density at radius 2 is 1.55 bits per heavy atom. The maximum atomic E-state index is 4.49. The summed E-state index contributed by atoms with van der Waals surface area (Å²) in [5.74, 6) is 0. The number of anilines is 2. The van der Waals surface area contributed by atoms with Crippen molar-refractivity contribution in [3.05, 3.63) is 66.5 Å². The molecule has 0 fully saturated rings. The molecule has 3 aromatic rings. The molecule has 0 spiro atoms. The van der Waals surface area contributed by atoms with Gasteiger partial charge in [0.15, 0.2) is 0 Å². The minimum Gasteiger partial charge on any atom is -0.357 e. The summed E-state index contributed by atoms with van der Waals surface area (Å²) in [6.45, 7) is 2.12. The molecular formula is C17H15N3. The summed E-state index contributed by atoms with van der Waals surface area (Å²) in [5.41, 5.74) is 2.87. The predicted molar refractivity (Wildman–Crippen MR) is 82.8 cm³/mol. The molecule has 98 valence electrons. The van der Waals surface area contributed by atoms with Crippen molar-refractivity contribution in [1.29, 1.82) is 0 Å². The molecule has 0 unspecified atom stereocenters. The SMILES string of the molecule is CC1(c2ccccn2)Nc2cccc3cccc(c23)N1. The summed E-state index contributed by atoms with van der Waals surface area (Å²) in [5, 5.41) is 9.64. The lowest BCUT2D eigenvalue weighted by Crippen LogP contribution is -2.43. The highest BCUT2D eigenvalue weighted by molar-refractivity contribution is 6.05. The topological polar surface area (TPSA) is 37.0 Å². The van der Waals surface area contributed by atoms with Gasteiger partial charge in [-0.3, -0.25) is 4.98 Å². The van der Waals surface area contributed by atoms with E-state index in [1.54, 1.807) is 0 Å². The molecule has 0 saturated carbocycles. The number of hydrogen-bond acceptors (Lipinski definition) is 3. The molecule has 4 rings (SSSR count). The van der Waals surface area contributed by atoms with Gasteiger partial charge in [-0.2, -0.15) is 0 Å². The van der Waals surface area contributed by atoms with Crippen molar-refractivity contribution < 1.29 is 0 Å². The van der Waals surface area contributed by atoms with Crippen LogP contribution in [0.3, 0.4) is 0 Å². The molecule has 2 aromatic carbocycles. The molecule has 2 heterocycles. The van der Waals surface area contributed by atoms with E-state index >= 15 is 0 Å². The second-order valence-electron chi connectivity index (χ2n) is 5.30. The van der Waals surface area contributed by atoms with Crippen LogP contribution in [0, 0.1) is 0 Å². The van der Waals surface area contributed by atoms with Crippen molar-refractivity contribution in [2.45, 2.75) is 12.6 Å². The highest BCUT2D eigenvalue weighted by Gasteiger charge is 2.32. The van der Waals surface area contributed by atoms with E-state index in [0.717, 1.165) is 17.1 Å². The van der Waals surface area contributed by atoms with Crippen molar-refractivity contribution in [3.8, 4) is 0 Å². The molecule has 2 N–H and O–H groups in total.